The Labute approximate surface area is 150 Å². The number of rotatable bonds is 5. The second kappa shape index (κ2) is 6.28. The molecule has 0 fully saturated rings. The van der Waals surface area contributed by atoms with Gasteiger partial charge in [0.05, 0.1) is 24.2 Å². The number of nitrogens with two attached hydrogens (primary N) is 1. The molecule has 134 valence electrons. The molecule has 0 unspecified atom stereocenters. The van der Waals surface area contributed by atoms with Crippen LogP contribution in [0.5, 0.6) is 0 Å². The fourth-order valence-corrected chi connectivity index (χ4v) is 4.38. The Balaban J connectivity index is 1.75. The first-order valence-corrected chi connectivity index (χ1v) is 9.55. The average Bonchev–Trinajstić information content (AvgIpc) is 3.15. The van der Waals surface area contributed by atoms with Crippen molar-refractivity contribution in [1.29, 1.82) is 0 Å². The van der Waals surface area contributed by atoms with Crippen molar-refractivity contribution in [2.24, 2.45) is 0 Å². The number of aromatic nitrogens is 4. The van der Waals surface area contributed by atoms with E-state index in [1.165, 1.54) is 10.4 Å². The molecule has 0 saturated heterocycles. The molecule has 8 heteroatoms. The fourth-order valence-electron chi connectivity index (χ4n) is 3.32. The smallest absolute Gasteiger partial charge is 0.206 e. The predicted molar refractivity (Wildman–Crippen MR) is 95.5 cm³/mol. The van der Waals surface area contributed by atoms with Crippen LogP contribution in [0.1, 0.15) is 43.5 Å². The summed E-state index contributed by atoms with van der Waals surface area (Å²) in [6.45, 7) is 7.78. The van der Waals surface area contributed by atoms with Gasteiger partial charge in [-0.2, -0.15) is 0 Å². The minimum atomic E-state index is -0.167. The molecule has 3 aromatic rings. The van der Waals surface area contributed by atoms with Gasteiger partial charge in [-0.1, -0.05) is 6.92 Å². The molecule has 0 bridgehead atoms. The summed E-state index contributed by atoms with van der Waals surface area (Å²) in [6.07, 6.45) is 3.52. The van der Waals surface area contributed by atoms with Crippen molar-refractivity contribution in [2.45, 2.75) is 58.4 Å². The number of thiophene rings is 1. The quantitative estimate of drug-likeness (QED) is 0.707. The number of ether oxygens (including phenoxy) is 1. The maximum absolute atomic E-state index is 9.34. The molecule has 4 rings (SSSR count). The molecule has 0 aliphatic carbocycles. The molecule has 3 N–H and O–H groups in total. The van der Waals surface area contributed by atoms with Crippen molar-refractivity contribution in [3.05, 3.63) is 22.6 Å². The third kappa shape index (κ3) is 3.03. The van der Waals surface area contributed by atoms with E-state index in [0.29, 0.717) is 13.2 Å². The maximum atomic E-state index is 9.34. The third-order valence-electron chi connectivity index (χ3n) is 4.84. The van der Waals surface area contributed by atoms with Crippen LogP contribution in [0.25, 0.3) is 15.9 Å². The van der Waals surface area contributed by atoms with E-state index in [9.17, 15) is 5.11 Å². The van der Waals surface area contributed by atoms with Gasteiger partial charge in [0.25, 0.3) is 0 Å². The van der Waals surface area contributed by atoms with Gasteiger partial charge in [0.15, 0.2) is 5.65 Å². The van der Waals surface area contributed by atoms with Gasteiger partial charge in [0, 0.05) is 11.3 Å². The normalized spacial score (nSPS) is 17.9. The lowest BCUT2D eigenvalue weighted by atomic mass is 9.94. The van der Waals surface area contributed by atoms with Crippen LogP contribution in [0, 0.1) is 0 Å². The van der Waals surface area contributed by atoms with Gasteiger partial charge >= 0.3 is 0 Å². The van der Waals surface area contributed by atoms with Crippen molar-refractivity contribution in [3.63, 3.8) is 0 Å². The minimum absolute atomic E-state index is 0.167. The van der Waals surface area contributed by atoms with Crippen LogP contribution < -0.4 is 5.32 Å². The van der Waals surface area contributed by atoms with Crippen LogP contribution in [-0.2, 0) is 24.3 Å². The summed E-state index contributed by atoms with van der Waals surface area (Å²) in [5.74, 6) is 0.771. The highest BCUT2D eigenvalue weighted by Crippen LogP contribution is 2.39. The van der Waals surface area contributed by atoms with Crippen molar-refractivity contribution in [3.8, 4) is 0 Å². The predicted octanol–water partition coefficient (Wildman–Crippen LogP) is 1.02. The summed E-state index contributed by atoms with van der Waals surface area (Å²) in [5, 5.41) is 17.1. The second-order valence-electron chi connectivity index (χ2n) is 7.24. The number of nitrogens with zero attached hydrogens (tertiary/aromatic N) is 4. The van der Waals surface area contributed by atoms with Crippen LogP contribution in [-0.4, -0.2) is 42.9 Å². The van der Waals surface area contributed by atoms with E-state index in [-0.39, 0.29) is 18.2 Å². The Morgan fingerprint density at radius 3 is 3.08 bits per heavy atom. The lowest BCUT2D eigenvalue weighted by Gasteiger charge is -2.30. The molecule has 7 nitrogen and oxygen atoms in total. The monoisotopic (exact) mass is 362 g/mol. The lowest BCUT2D eigenvalue weighted by molar-refractivity contribution is -0.707. The SMILES string of the molecule is CC[C@H](CO)[NH2+]Cc1nc2c3c4c(sc3ncn2n1)COC(C)(C)C4. The minimum Gasteiger partial charge on any atom is -0.390 e. The van der Waals surface area contributed by atoms with Gasteiger partial charge < -0.3 is 15.2 Å². The average molecular weight is 362 g/mol. The zero-order valence-electron chi connectivity index (χ0n) is 14.8. The number of aliphatic hydroxyl groups excluding tert-OH is 1. The van der Waals surface area contributed by atoms with E-state index in [2.05, 4.69) is 36.2 Å². The van der Waals surface area contributed by atoms with Crippen LogP contribution >= 0.6 is 11.3 Å². The number of hydrogen-bond donors (Lipinski definition) is 2. The zero-order chi connectivity index (χ0) is 17.6. The summed E-state index contributed by atoms with van der Waals surface area (Å²) < 4.78 is 7.72. The molecule has 1 atom stereocenters. The van der Waals surface area contributed by atoms with Gasteiger partial charge in [0.1, 0.15) is 23.7 Å². The largest absolute Gasteiger partial charge is 0.390 e. The molecule has 25 heavy (non-hydrogen) atoms. The molecular weight excluding hydrogens is 338 g/mol. The van der Waals surface area contributed by atoms with E-state index in [4.69, 9.17) is 9.72 Å². The van der Waals surface area contributed by atoms with Gasteiger partial charge in [-0.05, 0) is 25.8 Å². The van der Waals surface area contributed by atoms with Crippen molar-refractivity contribution in [1.82, 2.24) is 19.6 Å². The van der Waals surface area contributed by atoms with Crippen molar-refractivity contribution < 1.29 is 15.2 Å². The van der Waals surface area contributed by atoms with E-state index >= 15 is 0 Å². The third-order valence-corrected chi connectivity index (χ3v) is 5.96. The van der Waals surface area contributed by atoms with Crippen LogP contribution in [0.2, 0.25) is 0 Å². The second-order valence-corrected chi connectivity index (χ2v) is 8.32. The number of quaternary nitrogens is 1. The summed E-state index contributed by atoms with van der Waals surface area (Å²) >= 11 is 1.69. The number of hydrogen-bond acceptors (Lipinski definition) is 6. The first-order valence-electron chi connectivity index (χ1n) is 8.73. The Morgan fingerprint density at radius 2 is 2.32 bits per heavy atom. The highest BCUT2D eigenvalue weighted by molar-refractivity contribution is 7.19. The molecule has 4 heterocycles. The molecular formula is C17H24N5O2S+. The van der Waals surface area contributed by atoms with E-state index in [1.807, 2.05) is 0 Å². The fraction of sp³-hybridized carbons (Fsp3) is 0.588. The molecule has 3 aromatic heterocycles. The summed E-state index contributed by atoms with van der Waals surface area (Å²) in [7, 11) is 0. The molecule has 0 radical (unpaired) electrons. The Bertz CT molecular complexity index is 913. The first-order chi connectivity index (χ1) is 12.0. The summed E-state index contributed by atoms with van der Waals surface area (Å²) in [4.78, 5) is 11.6. The molecule has 1 aliphatic rings. The number of fused-ring (bicyclic) bond motifs is 5. The zero-order valence-corrected chi connectivity index (χ0v) is 15.6. The maximum Gasteiger partial charge on any atom is 0.206 e. The highest BCUT2D eigenvalue weighted by atomic mass is 32.1. The van der Waals surface area contributed by atoms with E-state index in [0.717, 1.165) is 34.5 Å². The van der Waals surface area contributed by atoms with Crippen LogP contribution in [0.15, 0.2) is 6.33 Å². The highest BCUT2D eigenvalue weighted by Gasteiger charge is 2.30. The number of aliphatic hydroxyl groups is 1. The topological polar surface area (TPSA) is 89.2 Å². The van der Waals surface area contributed by atoms with Crippen LogP contribution in [0.3, 0.4) is 0 Å². The first kappa shape index (κ1) is 16.8. The Morgan fingerprint density at radius 1 is 1.48 bits per heavy atom. The summed E-state index contributed by atoms with van der Waals surface area (Å²) in [5.41, 5.74) is 2.01. The standard InChI is InChI=1S/C17H23N5O2S/c1-4-10(7-23)18-6-13-20-15-14-11-5-17(2,3)24-8-12(11)25-16(14)19-9-22(15)21-13/h9-10,18,23H,4-8H2,1-3H3/p+1/t10-/m1/s1. The molecule has 0 saturated carbocycles. The van der Waals surface area contributed by atoms with Gasteiger partial charge in [-0.15, -0.1) is 16.4 Å². The molecule has 0 spiro atoms. The molecule has 0 aromatic carbocycles. The van der Waals surface area contributed by atoms with Gasteiger partial charge in [-0.3, -0.25) is 0 Å². The van der Waals surface area contributed by atoms with Crippen LogP contribution in [0.4, 0.5) is 0 Å². The van der Waals surface area contributed by atoms with Gasteiger partial charge in [0.2, 0.25) is 5.82 Å². The van der Waals surface area contributed by atoms with Crippen molar-refractivity contribution >= 4 is 27.2 Å². The van der Waals surface area contributed by atoms with E-state index < -0.39 is 0 Å². The van der Waals surface area contributed by atoms with E-state index in [1.54, 1.807) is 22.2 Å². The van der Waals surface area contributed by atoms with Gasteiger partial charge in [-0.25, -0.2) is 14.5 Å². The molecule has 1 aliphatic heterocycles. The van der Waals surface area contributed by atoms with Crippen molar-refractivity contribution in [2.75, 3.05) is 6.61 Å². The Hall–Kier alpha value is -1.61. The lowest BCUT2D eigenvalue weighted by Crippen LogP contribution is -2.89. The molecule has 0 amide bonds. The Kier molecular flexibility index (Phi) is 4.23. The summed E-state index contributed by atoms with van der Waals surface area (Å²) in [6, 6.07) is 0.191.